The molecule has 0 radical (unpaired) electrons. The van der Waals surface area contributed by atoms with Crippen LogP contribution in [0.1, 0.15) is 70.7 Å². The number of methoxy groups -OCH3 is 1. The molecule has 0 spiro atoms. The van der Waals surface area contributed by atoms with Crippen LogP contribution in [0.15, 0.2) is 53.5 Å². The molecule has 320 valence electrons. The number of phenolic OH excluding ortho intramolecular Hbond substituents is 2. The molecule has 0 fully saturated rings. The van der Waals surface area contributed by atoms with Crippen LogP contribution in [0.2, 0.25) is 0 Å². The summed E-state index contributed by atoms with van der Waals surface area (Å²) < 4.78 is 26.9. The quantitative estimate of drug-likeness (QED) is 0.0577. The molecular formula is C47H58N4O9. The number of aliphatic hydroxyl groups is 3. The number of hydrogen-bond acceptors (Lipinski definition) is 13. The van der Waals surface area contributed by atoms with Crippen LogP contribution in [-0.4, -0.2) is 104 Å². The van der Waals surface area contributed by atoms with Crippen molar-refractivity contribution in [3.05, 3.63) is 98.1 Å². The van der Waals surface area contributed by atoms with Crippen molar-refractivity contribution < 1.29 is 44.5 Å². The molecule has 0 saturated carbocycles. The summed E-state index contributed by atoms with van der Waals surface area (Å²) >= 11 is 0. The Bertz CT molecular complexity index is 2330. The van der Waals surface area contributed by atoms with E-state index in [4.69, 9.17) is 18.9 Å². The number of aliphatic hydroxyl groups excluding tert-OH is 3. The lowest BCUT2D eigenvalue weighted by atomic mass is 9.70. The Labute approximate surface area is 350 Å². The van der Waals surface area contributed by atoms with Crippen LogP contribution in [0.3, 0.4) is 0 Å². The van der Waals surface area contributed by atoms with Crippen molar-refractivity contribution in [2.45, 2.75) is 81.7 Å². The number of nitrogens with one attached hydrogen (secondary N) is 3. The molecule has 4 aliphatic rings. The highest BCUT2D eigenvalue weighted by Crippen LogP contribution is 2.57. The Balaban J connectivity index is 1.32. The smallest absolute Gasteiger partial charge is 0.161 e. The number of hydrogen-bond donors (Lipinski definition) is 8. The van der Waals surface area contributed by atoms with Gasteiger partial charge in [0.1, 0.15) is 29.0 Å². The number of fused-ring (bicyclic) bond motifs is 9. The van der Waals surface area contributed by atoms with Gasteiger partial charge in [0, 0.05) is 49.5 Å². The highest BCUT2D eigenvalue weighted by Gasteiger charge is 2.50. The second-order valence-corrected chi connectivity index (χ2v) is 16.6. The zero-order valence-corrected chi connectivity index (χ0v) is 34.7. The normalized spacial score (nSPS) is 21.5. The minimum Gasteiger partial charge on any atom is -0.508 e. The van der Waals surface area contributed by atoms with Gasteiger partial charge in [-0.15, -0.1) is 0 Å². The molecule has 4 aromatic rings. The number of nitrogens with zero attached hydrogens (tertiary/aromatic N) is 1. The Morgan fingerprint density at radius 2 is 1.87 bits per heavy atom. The fourth-order valence-corrected chi connectivity index (χ4v) is 9.57. The van der Waals surface area contributed by atoms with Gasteiger partial charge in [0.15, 0.2) is 17.6 Å². The van der Waals surface area contributed by atoms with E-state index < -0.39 is 23.9 Å². The van der Waals surface area contributed by atoms with Crippen molar-refractivity contribution in [2.24, 2.45) is 4.99 Å². The van der Waals surface area contributed by atoms with Crippen LogP contribution in [0.5, 0.6) is 28.7 Å². The van der Waals surface area contributed by atoms with E-state index in [0.717, 1.165) is 61.7 Å². The molecule has 3 aliphatic heterocycles. The summed E-state index contributed by atoms with van der Waals surface area (Å²) in [7, 11) is 3.36. The number of ether oxygens (including phenoxy) is 4. The standard InChI is InChI=1S/C47H58N4O9/c1-27(54)22-49-25-50-24-47(58-26-48-2)21-39-38-18-31(16-28-6-11-40-29(15-28)12-13-51-40)37-20-33(55)7-9-35(37)42(38)45-36(10-8-34(23-53)59-45)44(39)60-46(47)32-17-30(5-4-14-52)43(56)41(19-32)57-3/h6-7,9,11-12,15,17,19-20,27,31,34,46,48-50,52-56H,4-5,8,10,13-14,16,18,21-26H2,1-3H3/t27-,31-,34-,46+,47-/m0/s1. The molecule has 4 aromatic carbocycles. The lowest BCUT2D eigenvalue weighted by Gasteiger charge is -2.47. The van der Waals surface area contributed by atoms with Crippen molar-refractivity contribution in [1.82, 2.24) is 16.0 Å². The van der Waals surface area contributed by atoms with E-state index in [1.54, 1.807) is 19.1 Å². The summed E-state index contributed by atoms with van der Waals surface area (Å²) in [5.74, 6) is 1.95. The first-order valence-corrected chi connectivity index (χ1v) is 21.2. The van der Waals surface area contributed by atoms with E-state index in [2.05, 4.69) is 45.2 Å². The summed E-state index contributed by atoms with van der Waals surface area (Å²) in [4.78, 5) is 4.60. The molecule has 0 aromatic heterocycles. The maximum atomic E-state index is 11.2. The summed E-state index contributed by atoms with van der Waals surface area (Å²) in [6.45, 7) is 3.63. The van der Waals surface area contributed by atoms with Gasteiger partial charge in [-0.25, -0.2) is 0 Å². The zero-order chi connectivity index (χ0) is 42.0. The van der Waals surface area contributed by atoms with E-state index in [9.17, 15) is 25.5 Å². The summed E-state index contributed by atoms with van der Waals surface area (Å²) in [6.07, 6.45) is 4.44. The second kappa shape index (κ2) is 18.1. The summed E-state index contributed by atoms with van der Waals surface area (Å²) in [5.41, 5.74) is 7.56. The maximum Gasteiger partial charge on any atom is 0.161 e. The first kappa shape index (κ1) is 42.0. The first-order valence-electron chi connectivity index (χ1n) is 21.2. The molecule has 0 amide bonds. The molecule has 13 nitrogen and oxygen atoms in total. The lowest BCUT2D eigenvalue weighted by molar-refractivity contribution is -0.129. The summed E-state index contributed by atoms with van der Waals surface area (Å²) in [5, 5.41) is 64.5. The third-order valence-electron chi connectivity index (χ3n) is 12.4. The van der Waals surface area contributed by atoms with Gasteiger partial charge >= 0.3 is 0 Å². The van der Waals surface area contributed by atoms with Crippen molar-refractivity contribution in [1.29, 1.82) is 0 Å². The minimum atomic E-state index is -1.02. The van der Waals surface area contributed by atoms with Gasteiger partial charge in [-0.2, -0.15) is 0 Å². The first-order chi connectivity index (χ1) is 29.2. The van der Waals surface area contributed by atoms with Crippen molar-refractivity contribution >= 4 is 6.08 Å². The SMILES string of the molecule is CNCO[C@]1(CNCNC[C@H](C)O)Cc2c3c(c4c(c2O[C@@H]1c1cc(CCCO)c(O)c(OC)c1)CC[C@@H](CO)O4)-c1ccc(O)cc1[C@@H](Cc1ccc2c(c1)=CCN=2)C3. The zero-order valence-electron chi connectivity index (χ0n) is 34.7. The maximum absolute atomic E-state index is 11.2. The lowest BCUT2D eigenvalue weighted by Crippen LogP contribution is -2.56. The minimum absolute atomic E-state index is 0.000962. The average molecular weight is 823 g/mol. The number of rotatable bonds is 17. The monoisotopic (exact) mass is 822 g/mol. The molecule has 0 bridgehead atoms. The fraction of sp³-hybridized carbons (Fsp3) is 0.468. The summed E-state index contributed by atoms with van der Waals surface area (Å²) in [6, 6.07) is 15.8. The number of phenols is 2. The van der Waals surface area contributed by atoms with Gasteiger partial charge in [0.2, 0.25) is 0 Å². The van der Waals surface area contributed by atoms with Gasteiger partial charge in [0.05, 0.1) is 38.5 Å². The Kier molecular flexibility index (Phi) is 12.7. The van der Waals surface area contributed by atoms with Crippen molar-refractivity contribution in [3.63, 3.8) is 0 Å². The number of benzene rings is 4. The van der Waals surface area contributed by atoms with Gasteiger partial charge in [-0.05, 0) is 133 Å². The molecule has 0 saturated heterocycles. The molecule has 13 heteroatoms. The van der Waals surface area contributed by atoms with E-state index in [0.29, 0.717) is 81.9 Å². The number of aryl methyl sites for hydroxylation is 1. The van der Waals surface area contributed by atoms with Crippen molar-refractivity contribution in [2.75, 3.05) is 60.4 Å². The predicted octanol–water partition coefficient (Wildman–Crippen LogP) is 2.81. The number of aromatic hydroxyl groups is 2. The average Bonchev–Trinajstić information content (AvgIpc) is 3.73. The Hall–Kier alpha value is -4.73. The molecule has 1 aliphatic carbocycles. The predicted molar refractivity (Wildman–Crippen MR) is 228 cm³/mol. The molecule has 8 rings (SSSR count). The molecule has 8 N–H and O–H groups in total. The van der Waals surface area contributed by atoms with Crippen LogP contribution in [-0.2, 0) is 36.8 Å². The third-order valence-corrected chi connectivity index (χ3v) is 12.4. The highest BCUT2D eigenvalue weighted by atomic mass is 16.6. The van der Waals surface area contributed by atoms with E-state index in [-0.39, 0.29) is 37.4 Å². The molecule has 5 atom stereocenters. The van der Waals surface area contributed by atoms with Crippen LogP contribution in [0, 0.1) is 0 Å². The molecule has 60 heavy (non-hydrogen) atoms. The topological polar surface area (TPSA) is 187 Å². The van der Waals surface area contributed by atoms with Crippen LogP contribution < -0.4 is 40.7 Å². The fourth-order valence-electron chi connectivity index (χ4n) is 9.57. The van der Waals surface area contributed by atoms with Gasteiger partial charge in [-0.1, -0.05) is 18.2 Å². The molecule has 0 unspecified atom stereocenters. The van der Waals surface area contributed by atoms with E-state index in [1.165, 1.54) is 12.7 Å². The van der Waals surface area contributed by atoms with Crippen LogP contribution in [0.4, 0.5) is 0 Å². The molecular weight excluding hydrogens is 765 g/mol. The largest absolute Gasteiger partial charge is 0.508 e. The Morgan fingerprint density at radius 1 is 1.00 bits per heavy atom. The Morgan fingerprint density at radius 3 is 2.65 bits per heavy atom. The molecule has 3 heterocycles. The second-order valence-electron chi connectivity index (χ2n) is 16.6. The van der Waals surface area contributed by atoms with Crippen LogP contribution in [0.25, 0.3) is 17.2 Å². The van der Waals surface area contributed by atoms with E-state index in [1.807, 2.05) is 25.2 Å². The van der Waals surface area contributed by atoms with Gasteiger partial charge in [-0.3, -0.25) is 10.3 Å². The van der Waals surface area contributed by atoms with Gasteiger partial charge in [0.25, 0.3) is 0 Å². The van der Waals surface area contributed by atoms with Gasteiger partial charge < -0.3 is 55.1 Å². The van der Waals surface area contributed by atoms with E-state index >= 15 is 0 Å². The van der Waals surface area contributed by atoms with Crippen molar-refractivity contribution in [3.8, 4) is 39.9 Å². The highest BCUT2D eigenvalue weighted by molar-refractivity contribution is 5.85. The third kappa shape index (κ3) is 8.19. The van der Waals surface area contributed by atoms with Crippen LogP contribution >= 0.6 is 0 Å².